The second kappa shape index (κ2) is 6.69. The van der Waals surface area contributed by atoms with Gasteiger partial charge in [-0.15, -0.1) is 0 Å². The smallest absolute Gasteiger partial charge is 0.234 e. The minimum absolute atomic E-state index is 0.0137. The zero-order valence-corrected chi connectivity index (χ0v) is 19.0. The normalized spacial score (nSPS) is 17.8. The van der Waals surface area contributed by atoms with Gasteiger partial charge in [-0.25, -0.2) is 9.97 Å². The molecular weight excluding hydrogens is 386 g/mol. The van der Waals surface area contributed by atoms with Gasteiger partial charge in [-0.05, 0) is 64.0 Å². The molecule has 160 valence electrons. The van der Waals surface area contributed by atoms with Crippen molar-refractivity contribution in [2.45, 2.75) is 45.2 Å². The van der Waals surface area contributed by atoms with Crippen LogP contribution in [-0.4, -0.2) is 37.1 Å². The van der Waals surface area contributed by atoms with E-state index in [-0.39, 0.29) is 11.1 Å². The van der Waals surface area contributed by atoms with Crippen molar-refractivity contribution in [2.75, 3.05) is 7.11 Å². The van der Waals surface area contributed by atoms with Crippen molar-refractivity contribution < 1.29 is 4.74 Å². The number of ether oxygens (including phenoxy) is 1. The molecule has 5 rings (SSSR count). The van der Waals surface area contributed by atoms with Gasteiger partial charge in [0.1, 0.15) is 5.75 Å². The minimum Gasteiger partial charge on any atom is -0.496 e. The van der Waals surface area contributed by atoms with Crippen LogP contribution in [0.1, 0.15) is 39.8 Å². The summed E-state index contributed by atoms with van der Waals surface area (Å²) in [4.78, 5) is 9.77. The van der Waals surface area contributed by atoms with Crippen LogP contribution in [0.4, 0.5) is 0 Å². The number of aryl methyl sites for hydroxylation is 1. The number of benzene rings is 1. The molecule has 0 fully saturated rings. The zero-order chi connectivity index (χ0) is 22.0. The van der Waals surface area contributed by atoms with Gasteiger partial charge in [0.25, 0.3) is 0 Å². The highest BCUT2D eigenvalue weighted by Crippen LogP contribution is 2.35. The Balaban J connectivity index is 1.60. The molecule has 0 radical (unpaired) electrons. The van der Waals surface area contributed by atoms with E-state index in [0.717, 1.165) is 40.0 Å². The molecule has 6 heteroatoms. The second-order valence-corrected chi connectivity index (χ2v) is 9.76. The van der Waals surface area contributed by atoms with Crippen LogP contribution in [0.2, 0.25) is 0 Å². The van der Waals surface area contributed by atoms with Crippen LogP contribution in [0.25, 0.3) is 33.5 Å². The van der Waals surface area contributed by atoms with Crippen molar-refractivity contribution in [3.8, 4) is 17.0 Å². The van der Waals surface area contributed by atoms with Crippen LogP contribution >= 0.6 is 0 Å². The number of fused-ring (bicyclic) bond motifs is 2. The Labute approximate surface area is 182 Å². The van der Waals surface area contributed by atoms with Gasteiger partial charge in [-0.1, -0.05) is 6.08 Å². The van der Waals surface area contributed by atoms with Gasteiger partial charge in [0.2, 0.25) is 5.78 Å². The van der Waals surface area contributed by atoms with Crippen molar-refractivity contribution in [3.63, 3.8) is 0 Å². The van der Waals surface area contributed by atoms with Crippen molar-refractivity contribution in [3.05, 3.63) is 54.6 Å². The topological polar surface area (TPSA) is 56.4 Å². The van der Waals surface area contributed by atoms with Crippen molar-refractivity contribution in [1.82, 2.24) is 24.3 Å². The monoisotopic (exact) mass is 415 g/mol. The van der Waals surface area contributed by atoms with Crippen LogP contribution in [0.3, 0.4) is 0 Å². The molecule has 1 N–H and O–H groups in total. The third-order valence-corrected chi connectivity index (χ3v) is 5.97. The summed E-state index contributed by atoms with van der Waals surface area (Å²) < 4.78 is 9.77. The van der Waals surface area contributed by atoms with Gasteiger partial charge < -0.3 is 14.6 Å². The molecule has 1 aliphatic rings. The fourth-order valence-electron chi connectivity index (χ4n) is 4.92. The average Bonchev–Trinajstić information content (AvgIpc) is 3.27. The van der Waals surface area contributed by atoms with Crippen LogP contribution < -0.4 is 10.1 Å². The number of aromatic nitrogens is 4. The van der Waals surface area contributed by atoms with Crippen molar-refractivity contribution in [1.29, 1.82) is 0 Å². The summed E-state index contributed by atoms with van der Waals surface area (Å²) in [7, 11) is 3.75. The molecule has 3 aromatic heterocycles. The first-order valence-corrected chi connectivity index (χ1v) is 10.6. The van der Waals surface area contributed by atoms with E-state index in [4.69, 9.17) is 14.7 Å². The first kappa shape index (κ1) is 19.8. The van der Waals surface area contributed by atoms with Crippen LogP contribution in [0.5, 0.6) is 5.75 Å². The second-order valence-electron chi connectivity index (χ2n) is 9.76. The summed E-state index contributed by atoms with van der Waals surface area (Å²) in [6.45, 7) is 8.87. The van der Waals surface area contributed by atoms with Crippen LogP contribution in [0.15, 0.2) is 48.9 Å². The Kier molecular flexibility index (Phi) is 4.28. The molecule has 0 spiro atoms. The molecule has 31 heavy (non-hydrogen) atoms. The number of hydrogen-bond donors (Lipinski definition) is 1. The van der Waals surface area contributed by atoms with E-state index in [2.05, 4.69) is 74.1 Å². The van der Waals surface area contributed by atoms with Crippen LogP contribution in [0, 0.1) is 0 Å². The molecule has 4 heterocycles. The first-order valence-electron chi connectivity index (χ1n) is 10.6. The molecule has 1 aromatic carbocycles. The zero-order valence-electron chi connectivity index (χ0n) is 19.0. The number of nitrogens with one attached hydrogen (secondary N) is 1. The first-order chi connectivity index (χ1) is 14.6. The third-order valence-electron chi connectivity index (χ3n) is 5.97. The summed E-state index contributed by atoms with van der Waals surface area (Å²) in [6, 6.07) is 8.38. The van der Waals surface area contributed by atoms with Gasteiger partial charge in [0.05, 0.1) is 18.5 Å². The standard InChI is InChI=1S/C25H29N5O/c1-24(2)13-17(14-25(3,4)28-24)19-8-10-30-15-20(27-23(30)26-19)18-12-21-16(7-9-29(21)5)11-22(18)31-6/h7-13,15,28H,14H2,1-6H3. The number of hydrogen-bond acceptors (Lipinski definition) is 4. The Morgan fingerprint density at radius 2 is 1.81 bits per heavy atom. The van der Waals surface area contributed by atoms with E-state index < -0.39 is 0 Å². The largest absolute Gasteiger partial charge is 0.496 e. The number of methoxy groups -OCH3 is 1. The molecular formula is C25H29N5O. The van der Waals surface area contributed by atoms with Gasteiger partial charge in [0.15, 0.2) is 0 Å². The van der Waals surface area contributed by atoms with E-state index >= 15 is 0 Å². The molecule has 0 amide bonds. The van der Waals surface area contributed by atoms with E-state index in [1.165, 1.54) is 5.57 Å². The lowest BCUT2D eigenvalue weighted by atomic mass is 9.82. The highest BCUT2D eigenvalue weighted by Gasteiger charge is 2.33. The predicted octanol–water partition coefficient (Wildman–Crippen LogP) is 4.83. The summed E-state index contributed by atoms with van der Waals surface area (Å²) >= 11 is 0. The number of imidazole rings is 1. The highest BCUT2D eigenvalue weighted by atomic mass is 16.5. The Morgan fingerprint density at radius 3 is 2.55 bits per heavy atom. The maximum absolute atomic E-state index is 5.68. The van der Waals surface area contributed by atoms with Gasteiger partial charge in [-0.3, -0.25) is 4.40 Å². The lowest BCUT2D eigenvalue weighted by Gasteiger charge is -2.41. The van der Waals surface area contributed by atoms with E-state index in [9.17, 15) is 0 Å². The van der Waals surface area contributed by atoms with E-state index in [1.807, 2.05) is 23.8 Å². The molecule has 1 aliphatic heterocycles. The van der Waals surface area contributed by atoms with E-state index in [1.54, 1.807) is 7.11 Å². The fourth-order valence-corrected chi connectivity index (χ4v) is 4.92. The fraction of sp³-hybridized carbons (Fsp3) is 0.360. The van der Waals surface area contributed by atoms with Crippen LogP contribution in [-0.2, 0) is 7.05 Å². The lowest BCUT2D eigenvalue weighted by molar-refractivity contribution is 0.297. The summed E-state index contributed by atoms with van der Waals surface area (Å²) in [5, 5.41) is 4.83. The highest BCUT2D eigenvalue weighted by molar-refractivity contribution is 5.88. The lowest BCUT2D eigenvalue weighted by Crippen LogP contribution is -2.53. The third kappa shape index (κ3) is 3.51. The number of nitrogens with zero attached hydrogens (tertiary/aromatic N) is 4. The maximum atomic E-state index is 5.68. The summed E-state index contributed by atoms with van der Waals surface area (Å²) in [6.07, 6.45) is 9.33. The maximum Gasteiger partial charge on any atom is 0.234 e. The summed E-state index contributed by atoms with van der Waals surface area (Å²) in [5.41, 5.74) is 5.13. The molecule has 0 saturated carbocycles. The Morgan fingerprint density at radius 1 is 1.03 bits per heavy atom. The Hall–Kier alpha value is -3.12. The van der Waals surface area contributed by atoms with Gasteiger partial charge in [-0.2, -0.15) is 0 Å². The predicted molar refractivity (Wildman–Crippen MR) is 125 cm³/mol. The van der Waals surface area contributed by atoms with Gasteiger partial charge in [0, 0.05) is 53.2 Å². The molecule has 0 unspecified atom stereocenters. The minimum atomic E-state index is -0.0800. The molecule has 0 aliphatic carbocycles. The molecule has 0 saturated heterocycles. The SMILES string of the molecule is COc1cc2ccn(C)c2cc1-c1cn2ccc(C3=CC(C)(C)NC(C)(C)C3)nc2n1. The number of rotatable bonds is 3. The molecule has 0 atom stereocenters. The Bertz CT molecular complexity index is 1340. The van der Waals surface area contributed by atoms with Gasteiger partial charge >= 0.3 is 0 Å². The molecule has 0 bridgehead atoms. The summed E-state index contributed by atoms with van der Waals surface area (Å²) in [5.74, 6) is 1.50. The molecule has 6 nitrogen and oxygen atoms in total. The molecule has 4 aromatic rings. The van der Waals surface area contributed by atoms with Crippen molar-refractivity contribution in [2.24, 2.45) is 7.05 Å². The van der Waals surface area contributed by atoms with Crippen molar-refractivity contribution >= 4 is 22.3 Å². The quantitative estimate of drug-likeness (QED) is 0.521. The van der Waals surface area contributed by atoms with E-state index in [0.29, 0.717) is 5.78 Å². The average molecular weight is 416 g/mol.